The van der Waals surface area contributed by atoms with Crippen LogP contribution in [0.25, 0.3) is 123 Å². The van der Waals surface area contributed by atoms with Crippen molar-refractivity contribution >= 4 is 43.9 Å². The molecule has 0 N–H and O–H groups in total. The van der Waals surface area contributed by atoms with Gasteiger partial charge in [-0.2, -0.15) is 0 Å². The van der Waals surface area contributed by atoms with Crippen LogP contribution in [0.3, 0.4) is 0 Å². The number of nitrogens with zero attached hydrogens (tertiary/aromatic N) is 3. The molecule has 0 radical (unpaired) electrons. The largest absolute Gasteiger partial charge is 0.456 e. The Labute approximate surface area is 396 Å². The molecule has 2 aliphatic rings. The molecule has 0 fully saturated rings. The van der Waals surface area contributed by atoms with Crippen LogP contribution in [0.15, 0.2) is 233 Å². The van der Waals surface area contributed by atoms with Gasteiger partial charge in [-0.3, -0.25) is 0 Å². The van der Waals surface area contributed by atoms with Gasteiger partial charge in [0.1, 0.15) is 22.3 Å². The van der Waals surface area contributed by atoms with E-state index >= 15 is 0 Å². The molecule has 15 rings (SSSR count). The monoisotopic (exact) mass is 879 g/mol. The minimum Gasteiger partial charge on any atom is -0.456 e. The molecular formula is C64H37N3O2. The Morgan fingerprint density at radius 3 is 1.65 bits per heavy atom. The van der Waals surface area contributed by atoms with E-state index in [-0.39, 0.29) is 0 Å². The predicted octanol–water partition coefficient (Wildman–Crippen LogP) is 16.3. The molecule has 0 saturated heterocycles. The Kier molecular flexibility index (Phi) is 7.93. The first-order valence-corrected chi connectivity index (χ1v) is 23.4. The van der Waals surface area contributed by atoms with Gasteiger partial charge < -0.3 is 8.83 Å². The molecule has 5 nitrogen and oxygen atoms in total. The van der Waals surface area contributed by atoms with E-state index in [0.717, 1.165) is 77.3 Å². The summed E-state index contributed by atoms with van der Waals surface area (Å²) in [5.41, 5.74) is 20.1. The maximum absolute atomic E-state index is 6.71. The zero-order chi connectivity index (χ0) is 45.2. The van der Waals surface area contributed by atoms with Crippen molar-refractivity contribution in [3.63, 3.8) is 0 Å². The van der Waals surface area contributed by atoms with Gasteiger partial charge in [0, 0.05) is 32.7 Å². The number of aromatic nitrogens is 3. The first-order chi connectivity index (χ1) is 34.2. The minimum absolute atomic E-state index is 0.434. The summed E-state index contributed by atoms with van der Waals surface area (Å²) in [7, 11) is 0. The highest BCUT2D eigenvalue weighted by Crippen LogP contribution is 2.64. The zero-order valence-corrected chi connectivity index (χ0v) is 37.0. The molecule has 5 heteroatoms. The second-order valence-corrected chi connectivity index (χ2v) is 18.1. The van der Waals surface area contributed by atoms with Crippen molar-refractivity contribution in [1.82, 2.24) is 15.0 Å². The summed E-state index contributed by atoms with van der Waals surface area (Å²) >= 11 is 0. The molecule has 13 aromatic rings. The molecule has 3 heterocycles. The molecule has 320 valence electrons. The first kappa shape index (κ1) is 38.0. The highest BCUT2D eigenvalue weighted by Gasteiger charge is 2.52. The van der Waals surface area contributed by atoms with Crippen LogP contribution >= 0.6 is 0 Å². The number of benzene rings is 10. The molecule has 3 aromatic heterocycles. The van der Waals surface area contributed by atoms with Crippen LogP contribution < -0.4 is 0 Å². The quantitative estimate of drug-likeness (QED) is 0.172. The third kappa shape index (κ3) is 5.38. The summed E-state index contributed by atoms with van der Waals surface area (Å²) in [6.07, 6.45) is 0. The molecule has 10 aromatic carbocycles. The zero-order valence-electron chi connectivity index (χ0n) is 37.0. The van der Waals surface area contributed by atoms with Gasteiger partial charge in [0.25, 0.3) is 0 Å². The molecule has 0 amide bonds. The second-order valence-electron chi connectivity index (χ2n) is 18.1. The Morgan fingerprint density at radius 2 is 0.826 bits per heavy atom. The summed E-state index contributed by atoms with van der Waals surface area (Å²) in [4.78, 5) is 15.9. The lowest BCUT2D eigenvalue weighted by molar-refractivity contribution is 0.668. The van der Waals surface area contributed by atoms with Crippen LogP contribution in [-0.2, 0) is 5.41 Å². The van der Waals surface area contributed by atoms with E-state index < -0.39 is 5.41 Å². The second kappa shape index (κ2) is 14.4. The molecular weight excluding hydrogens is 843 g/mol. The minimum atomic E-state index is -0.434. The molecule has 2 aliphatic carbocycles. The fourth-order valence-corrected chi connectivity index (χ4v) is 11.7. The van der Waals surface area contributed by atoms with Crippen molar-refractivity contribution in [3.8, 4) is 78.7 Å². The summed E-state index contributed by atoms with van der Waals surface area (Å²) in [6, 6.07) is 79.7. The van der Waals surface area contributed by atoms with Crippen LogP contribution in [0.4, 0.5) is 0 Å². The maximum atomic E-state index is 6.71. The molecule has 0 aliphatic heterocycles. The number of furan rings is 2. The van der Waals surface area contributed by atoms with Crippen LogP contribution in [0.2, 0.25) is 0 Å². The SMILES string of the molecule is c1ccc(-c2cccc(-c3nc(-c4cccc5c4oc4ccccc45)nc(-c4cccc5oc6ccc(-c7cccc8c7-c7ccccc7C87c8ccccc8-c8ccccc87)cc6c45)n3)c2)cc1. The fourth-order valence-electron chi connectivity index (χ4n) is 11.7. The molecule has 0 atom stereocenters. The number of rotatable bonds is 5. The van der Waals surface area contributed by atoms with E-state index in [1.807, 2.05) is 42.5 Å². The molecule has 0 unspecified atom stereocenters. The van der Waals surface area contributed by atoms with Crippen LogP contribution in [0.1, 0.15) is 22.3 Å². The standard InChI is InChI=1S/C64H37N3O2/c1-2-16-38(17-3-1)39-18-12-19-41(36-39)61-65-62(67-63(66-61)49-27-13-25-46-45-22-7-11-32-55(45)69-60(46)49)48-26-15-33-57-59(48)50-37-40(34-35-56(50)68-57)42-24-14-31-54-58(42)47-23-6-10-30-53(47)64(54)51-28-8-4-20-43(51)44-21-5-9-29-52(44)64/h1-37H. The summed E-state index contributed by atoms with van der Waals surface area (Å²) in [6.45, 7) is 0. The van der Waals surface area contributed by atoms with Crippen molar-refractivity contribution in [2.45, 2.75) is 5.41 Å². The van der Waals surface area contributed by atoms with Gasteiger partial charge in [-0.05, 0) is 103 Å². The topological polar surface area (TPSA) is 65.0 Å². The van der Waals surface area contributed by atoms with Crippen molar-refractivity contribution in [3.05, 3.63) is 247 Å². The Bertz CT molecular complexity index is 4230. The number of para-hydroxylation sites is 2. The Balaban J connectivity index is 0.949. The van der Waals surface area contributed by atoms with E-state index in [2.05, 4.69) is 182 Å². The van der Waals surface area contributed by atoms with Gasteiger partial charge in [-0.25, -0.2) is 15.0 Å². The molecule has 69 heavy (non-hydrogen) atoms. The van der Waals surface area contributed by atoms with E-state index in [1.165, 1.54) is 50.1 Å². The lowest BCUT2D eigenvalue weighted by Crippen LogP contribution is -2.25. The predicted molar refractivity (Wildman–Crippen MR) is 278 cm³/mol. The lowest BCUT2D eigenvalue weighted by Gasteiger charge is -2.30. The number of hydrogen-bond acceptors (Lipinski definition) is 5. The van der Waals surface area contributed by atoms with Crippen molar-refractivity contribution < 1.29 is 8.83 Å². The first-order valence-electron chi connectivity index (χ1n) is 23.4. The third-order valence-corrected chi connectivity index (χ3v) is 14.6. The Morgan fingerprint density at radius 1 is 0.290 bits per heavy atom. The van der Waals surface area contributed by atoms with Crippen molar-refractivity contribution in [2.75, 3.05) is 0 Å². The lowest BCUT2D eigenvalue weighted by atomic mass is 9.70. The van der Waals surface area contributed by atoms with Gasteiger partial charge in [0.15, 0.2) is 17.5 Å². The van der Waals surface area contributed by atoms with E-state index in [4.69, 9.17) is 23.8 Å². The average Bonchev–Trinajstić information content (AvgIpc) is 4.16. The van der Waals surface area contributed by atoms with E-state index in [9.17, 15) is 0 Å². The highest BCUT2D eigenvalue weighted by molar-refractivity contribution is 6.14. The molecule has 0 bridgehead atoms. The van der Waals surface area contributed by atoms with Gasteiger partial charge >= 0.3 is 0 Å². The summed E-state index contributed by atoms with van der Waals surface area (Å²) < 4.78 is 13.3. The maximum Gasteiger partial charge on any atom is 0.167 e. The van der Waals surface area contributed by atoms with E-state index in [1.54, 1.807) is 0 Å². The number of hydrogen-bond donors (Lipinski definition) is 0. The normalized spacial score (nSPS) is 13.0. The van der Waals surface area contributed by atoms with Crippen LogP contribution in [0.5, 0.6) is 0 Å². The smallest absolute Gasteiger partial charge is 0.167 e. The van der Waals surface area contributed by atoms with Gasteiger partial charge in [0.05, 0.1) is 11.0 Å². The van der Waals surface area contributed by atoms with Crippen molar-refractivity contribution in [2.24, 2.45) is 0 Å². The van der Waals surface area contributed by atoms with Gasteiger partial charge in [-0.15, -0.1) is 0 Å². The Hall–Kier alpha value is -9.19. The van der Waals surface area contributed by atoms with Crippen LogP contribution in [0, 0.1) is 0 Å². The fraction of sp³-hybridized carbons (Fsp3) is 0.0156. The van der Waals surface area contributed by atoms with Gasteiger partial charge in [0.2, 0.25) is 0 Å². The summed E-state index contributed by atoms with van der Waals surface area (Å²) in [5.74, 6) is 1.63. The molecule has 0 saturated carbocycles. The molecule has 1 spiro atoms. The average molecular weight is 880 g/mol. The summed E-state index contributed by atoms with van der Waals surface area (Å²) in [5, 5.41) is 3.99. The van der Waals surface area contributed by atoms with Crippen LogP contribution in [-0.4, -0.2) is 15.0 Å². The highest BCUT2D eigenvalue weighted by atomic mass is 16.3. The van der Waals surface area contributed by atoms with E-state index in [0.29, 0.717) is 17.5 Å². The number of fused-ring (bicyclic) bond motifs is 16. The van der Waals surface area contributed by atoms with Gasteiger partial charge in [-0.1, -0.05) is 188 Å². The third-order valence-electron chi connectivity index (χ3n) is 14.6. The van der Waals surface area contributed by atoms with Crippen molar-refractivity contribution in [1.29, 1.82) is 0 Å².